The minimum absolute atomic E-state index is 0.627. The molecular weight excluding hydrogens is 610 g/mol. The number of benzene rings is 6. The van der Waals surface area contributed by atoms with Crippen LogP contribution in [0.4, 0.5) is 34.1 Å². The fourth-order valence-electron chi connectivity index (χ4n) is 6.15. The Morgan fingerprint density at radius 1 is 0.362 bits per heavy atom. The van der Waals surface area contributed by atoms with Gasteiger partial charge in [-0.15, -0.1) is 0 Å². The molecule has 0 unspecified atom stereocenters. The molecule has 0 atom stereocenters. The van der Waals surface area contributed by atoms with Gasteiger partial charge in [-0.3, -0.25) is 0 Å². The number of rotatable bonds is 15. The summed E-state index contributed by atoms with van der Waals surface area (Å²) < 4.78 is 15.5. The number of hydrogen-bond acceptors (Lipinski definition) is 4. The molecule has 6 rings (SSSR count). The van der Waals surface area contributed by atoms with Crippen LogP contribution in [-0.4, -0.2) is 6.61 Å². The maximum atomic E-state index is 7.85. The first-order valence-corrected chi connectivity index (χ1v) is 19.4. The Hall–Kier alpha value is -4.61. The fourth-order valence-corrected chi connectivity index (χ4v) is 12.9. The molecule has 0 saturated carbocycles. The van der Waals surface area contributed by atoms with Crippen molar-refractivity contribution >= 4 is 34.1 Å². The van der Waals surface area contributed by atoms with Gasteiger partial charge in [0.25, 0.3) is 0 Å². The summed E-state index contributed by atoms with van der Waals surface area (Å²) in [6.45, 7) is 2.89. The number of hydrogen-bond donors (Lipinski definition) is 0. The van der Waals surface area contributed by atoms with Crippen LogP contribution in [0.5, 0.6) is 0 Å². The van der Waals surface area contributed by atoms with Crippen molar-refractivity contribution in [1.29, 1.82) is 0 Å². The zero-order valence-electron chi connectivity index (χ0n) is 27.1. The van der Waals surface area contributed by atoms with Gasteiger partial charge in [0.15, 0.2) is 0 Å². The first kappa shape index (κ1) is 32.3. The molecule has 0 amide bonds. The van der Waals surface area contributed by atoms with Crippen LogP contribution in [-0.2, 0) is 21.1 Å². The quantitative estimate of drug-likeness (QED) is 0.0811. The third-order valence-corrected chi connectivity index (χ3v) is 14.3. The second kappa shape index (κ2) is 16.3. The Morgan fingerprint density at radius 2 is 0.617 bits per heavy atom. The monoisotopic (exact) mass is 653 g/mol. The molecule has 0 spiro atoms. The summed E-state index contributed by atoms with van der Waals surface area (Å²) >= 11 is -4.53. The predicted molar refractivity (Wildman–Crippen MR) is 195 cm³/mol. The van der Waals surface area contributed by atoms with E-state index in [4.69, 9.17) is 3.32 Å². The summed E-state index contributed by atoms with van der Waals surface area (Å²) in [5.41, 5.74) is 6.51. The minimum atomic E-state index is -4.53. The average molecular weight is 654 g/mol. The van der Waals surface area contributed by atoms with Crippen molar-refractivity contribution in [2.75, 3.05) is 16.8 Å². The van der Waals surface area contributed by atoms with Crippen molar-refractivity contribution in [1.82, 2.24) is 0 Å². The van der Waals surface area contributed by atoms with Gasteiger partial charge >= 0.3 is 287 Å². The summed E-state index contributed by atoms with van der Waals surface area (Å²) in [5.74, 6) is 0. The molecule has 5 heteroatoms. The average Bonchev–Trinajstić information content (AvgIpc) is 3.14. The van der Waals surface area contributed by atoms with Gasteiger partial charge in [-0.2, -0.15) is 0 Å². The van der Waals surface area contributed by atoms with E-state index in [2.05, 4.69) is 199 Å². The number of unbranched alkanes of at least 4 members (excludes halogenated alkanes) is 3. The molecule has 4 nitrogen and oxygen atoms in total. The van der Waals surface area contributed by atoms with Crippen molar-refractivity contribution in [3.63, 3.8) is 0 Å². The van der Waals surface area contributed by atoms with Crippen molar-refractivity contribution in [2.24, 2.45) is 0 Å². The van der Waals surface area contributed by atoms with Crippen LogP contribution >= 0.6 is 0 Å². The zero-order chi connectivity index (χ0) is 32.2. The van der Waals surface area contributed by atoms with Crippen molar-refractivity contribution in [3.05, 3.63) is 182 Å². The third kappa shape index (κ3) is 7.36. The standard InChI is InChI=1S/3C12H10N.C6H13O.Ti/c3*1-3-7-11(8-4-1)13-12-9-5-2-6-10-12;1-2-3-4-5-6-7;/h3*1-10H;2-6H2,1H3;/q4*-1;+4. The molecule has 47 heavy (non-hydrogen) atoms. The molecule has 0 N–H and O–H groups in total. The van der Waals surface area contributed by atoms with Crippen LogP contribution in [0.1, 0.15) is 32.6 Å². The maximum absolute atomic E-state index is 7.85. The summed E-state index contributed by atoms with van der Waals surface area (Å²) in [6, 6.07) is 64.7. The summed E-state index contributed by atoms with van der Waals surface area (Å²) in [5, 5.41) is 0. The van der Waals surface area contributed by atoms with E-state index >= 15 is 0 Å². The van der Waals surface area contributed by atoms with Crippen LogP contribution < -0.4 is 10.1 Å². The summed E-state index contributed by atoms with van der Waals surface area (Å²) in [4.78, 5) is 0. The molecule has 0 bridgehead atoms. The Bertz CT molecular complexity index is 1420. The van der Waals surface area contributed by atoms with Gasteiger partial charge in [-0.25, -0.2) is 0 Å². The number of nitrogens with zero attached hydrogens (tertiary/aromatic N) is 3. The van der Waals surface area contributed by atoms with Gasteiger partial charge in [0.2, 0.25) is 0 Å². The molecule has 0 aliphatic heterocycles. The Balaban J connectivity index is 1.76. The molecule has 6 aromatic carbocycles. The molecule has 0 heterocycles. The summed E-state index contributed by atoms with van der Waals surface area (Å²) in [6.07, 6.45) is 4.46. The van der Waals surface area contributed by atoms with Crippen molar-refractivity contribution < 1.29 is 21.1 Å². The molecule has 0 radical (unpaired) electrons. The Kier molecular flexibility index (Phi) is 11.2. The van der Waals surface area contributed by atoms with Crippen LogP contribution in [0.15, 0.2) is 182 Å². The molecule has 0 fully saturated rings. The first-order valence-electron chi connectivity index (χ1n) is 16.7. The van der Waals surface area contributed by atoms with Crippen LogP contribution in [0.25, 0.3) is 0 Å². The summed E-state index contributed by atoms with van der Waals surface area (Å²) in [7, 11) is 0. The van der Waals surface area contributed by atoms with Crippen LogP contribution in [0.3, 0.4) is 0 Å². The second-order valence-corrected chi connectivity index (χ2v) is 15.8. The van der Waals surface area contributed by atoms with E-state index in [0.29, 0.717) is 6.61 Å². The van der Waals surface area contributed by atoms with E-state index < -0.39 is 17.7 Å². The molecule has 0 aromatic heterocycles. The van der Waals surface area contributed by atoms with Gasteiger partial charge in [-0.1, -0.05) is 0 Å². The molecule has 6 aromatic rings. The third-order valence-electron chi connectivity index (χ3n) is 8.25. The predicted octanol–water partition coefficient (Wildman–Crippen LogP) is 11.9. The van der Waals surface area contributed by atoms with Gasteiger partial charge < -0.3 is 0 Å². The van der Waals surface area contributed by atoms with Gasteiger partial charge in [-0.05, 0) is 0 Å². The molecule has 0 aliphatic rings. The SMILES string of the molecule is CCCCCC[O][Ti]([N](c1ccccc1)c1ccccc1)([N](c1ccccc1)c1ccccc1)[N](c1ccccc1)c1ccccc1. The molecule has 236 valence electrons. The van der Waals surface area contributed by atoms with E-state index in [-0.39, 0.29) is 0 Å². The number of anilines is 6. The number of para-hydroxylation sites is 6. The normalized spacial score (nSPS) is 11.2. The van der Waals surface area contributed by atoms with Crippen molar-refractivity contribution in [2.45, 2.75) is 32.6 Å². The van der Waals surface area contributed by atoms with Crippen molar-refractivity contribution in [3.8, 4) is 0 Å². The van der Waals surface area contributed by atoms with Gasteiger partial charge in [0.05, 0.1) is 0 Å². The van der Waals surface area contributed by atoms with E-state index in [1.807, 2.05) is 0 Å². The molecular formula is C42H43N3OTi. The van der Waals surface area contributed by atoms with Crippen LogP contribution in [0, 0.1) is 0 Å². The Labute approximate surface area is 285 Å². The van der Waals surface area contributed by atoms with Gasteiger partial charge in [0.1, 0.15) is 0 Å². The van der Waals surface area contributed by atoms with Gasteiger partial charge in [0, 0.05) is 0 Å². The zero-order valence-corrected chi connectivity index (χ0v) is 28.7. The van der Waals surface area contributed by atoms with E-state index in [9.17, 15) is 0 Å². The topological polar surface area (TPSA) is 19.0 Å². The van der Waals surface area contributed by atoms with Crippen LogP contribution in [0.2, 0.25) is 0 Å². The van der Waals surface area contributed by atoms with E-state index in [1.54, 1.807) is 0 Å². The molecule has 0 saturated heterocycles. The Morgan fingerprint density at radius 3 is 0.851 bits per heavy atom. The van der Waals surface area contributed by atoms with E-state index in [1.165, 1.54) is 12.8 Å². The second-order valence-electron chi connectivity index (χ2n) is 11.5. The van der Waals surface area contributed by atoms with E-state index in [0.717, 1.165) is 47.0 Å². The molecule has 0 aliphatic carbocycles. The fraction of sp³-hybridized carbons (Fsp3) is 0.143. The first-order chi connectivity index (χ1) is 23.3.